The Bertz CT molecular complexity index is 1190. The summed E-state index contributed by atoms with van der Waals surface area (Å²) in [4.78, 5) is 12.6. The fourth-order valence-electron chi connectivity index (χ4n) is 3.22. The highest BCUT2D eigenvalue weighted by Crippen LogP contribution is 2.24. The van der Waals surface area contributed by atoms with Crippen LogP contribution >= 0.6 is 0 Å². The normalized spacial score (nSPS) is 11.2. The first-order valence-corrected chi connectivity index (χ1v) is 11.5. The van der Waals surface area contributed by atoms with E-state index in [0.717, 1.165) is 22.3 Å². The van der Waals surface area contributed by atoms with Crippen LogP contribution in [0, 0.1) is 20.8 Å². The quantitative estimate of drug-likeness (QED) is 0.619. The molecule has 0 radical (unpaired) electrons. The molecule has 156 valence electrons. The van der Waals surface area contributed by atoms with Gasteiger partial charge in [0.1, 0.15) is 0 Å². The number of rotatable bonds is 6. The minimum atomic E-state index is -3.48. The van der Waals surface area contributed by atoms with Crippen LogP contribution in [0.3, 0.4) is 0 Å². The predicted molar refractivity (Wildman–Crippen MR) is 123 cm³/mol. The number of amides is 1. The van der Waals surface area contributed by atoms with E-state index in [1.165, 1.54) is 10.6 Å². The molecule has 0 heterocycles. The highest BCUT2D eigenvalue weighted by atomic mass is 32.2. The summed E-state index contributed by atoms with van der Waals surface area (Å²) in [5.41, 5.74) is 5.65. The summed E-state index contributed by atoms with van der Waals surface area (Å²) in [5, 5.41) is 2.90. The van der Waals surface area contributed by atoms with Gasteiger partial charge in [-0.1, -0.05) is 36.4 Å². The number of nitrogens with zero attached hydrogens (tertiary/aromatic N) is 1. The first-order chi connectivity index (χ1) is 14.1. The van der Waals surface area contributed by atoms with Gasteiger partial charge in [-0.2, -0.15) is 0 Å². The maximum absolute atomic E-state index is 12.6. The Kier molecular flexibility index (Phi) is 6.27. The third-order valence-corrected chi connectivity index (χ3v) is 6.22. The Morgan fingerprint density at radius 3 is 2.27 bits per heavy atom. The molecule has 0 atom stereocenters. The Balaban J connectivity index is 1.86. The van der Waals surface area contributed by atoms with Crippen molar-refractivity contribution in [3.05, 3.63) is 94.5 Å². The fourth-order valence-corrected chi connectivity index (χ4v) is 4.10. The molecule has 30 heavy (non-hydrogen) atoms. The lowest BCUT2D eigenvalue weighted by atomic mass is 10.1. The van der Waals surface area contributed by atoms with Crippen molar-refractivity contribution in [3.63, 3.8) is 0 Å². The molecule has 0 saturated heterocycles. The SMILES string of the molecule is Cc1ccc(N(Cc2cccc(NC(=O)c3ccccc3C)c2)S(C)(=O)=O)cc1C. The molecule has 0 unspecified atom stereocenters. The molecule has 0 spiro atoms. The third-order valence-electron chi connectivity index (χ3n) is 5.08. The van der Waals surface area contributed by atoms with Crippen molar-refractivity contribution in [2.24, 2.45) is 0 Å². The van der Waals surface area contributed by atoms with Crippen LogP contribution in [-0.2, 0) is 16.6 Å². The van der Waals surface area contributed by atoms with E-state index in [0.29, 0.717) is 16.9 Å². The van der Waals surface area contributed by atoms with E-state index in [1.54, 1.807) is 18.2 Å². The second-order valence-electron chi connectivity index (χ2n) is 7.51. The number of carbonyl (C=O) groups is 1. The van der Waals surface area contributed by atoms with E-state index in [-0.39, 0.29) is 12.5 Å². The van der Waals surface area contributed by atoms with Crippen molar-refractivity contribution >= 4 is 27.3 Å². The molecule has 6 heteroatoms. The van der Waals surface area contributed by atoms with E-state index in [4.69, 9.17) is 0 Å². The van der Waals surface area contributed by atoms with Crippen molar-refractivity contribution in [1.29, 1.82) is 0 Å². The van der Waals surface area contributed by atoms with Gasteiger partial charge in [0.05, 0.1) is 18.5 Å². The molecule has 0 saturated carbocycles. The molecule has 0 aliphatic heterocycles. The molecule has 1 amide bonds. The molecular weight excluding hydrogens is 396 g/mol. The number of hydrogen-bond acceptors (Lipinski definition) is 3. The van der Waals surface area contributed by atoms with Crippen LogP contribution in [0.25, 0.3) is 0 Å². The van der Waals surface area contributed by atoms with Gasteiger partial charge in [-0.3, -0.25) is 9.10 Å². The second-order valence-corrected chi connectivity index (χ2v) is 9.41. The van der Waals surface area contributed by atoms with Crippen LogP contribution in [0.15, 0.2) is 66.7 Å². The Morgan fingerprint density at radius 2 is 1.60 bits per heavy atom. The Labute approximate surface area is 178 Å². The standard InChI is InChI=1S/C24H26N2O3S/c1-17-12-13-22(14-19(17)3)26(30(4,28)29)16-20-9-7-10-21(15-20)25-24(27)23-11-6-5-8-18(23)2/h5-15H,16H2,1-4H3,(H,25,27). The summed E-state index contributed by atoms with van der Waals surface area (Å²) in [6.45, 7) is 6.01. The first kappa shape index (κ1) is 21.6. The third kappa shape index (κ3) is 5.07. The summed E-state index contributed by atoms with van der Waals surface area (Å²) in [5.74, 6) is -0.195. The molecule has 5 nitrogen and oxygen atoms in total. The smallest absolute Gasteiger partial charge is 0.255 e. The molecule has 3 aromatic rings. The number of sulfonamides is 1. The molecule has 3 rings (SSSR count). The van der Waals surface area contributed by atoms with Gasteiger partial charge in [-0.05, 0) is 73.4 Å². The van der Waals surface area contributed by atoms with Gasteiger partial charge in [-0.15, -0.1) is 0 Å². The van der Waals surface area contributed by atoms with Gasteiger partial charge in [0.2, 0.25) is 10.0 Å². The van der Waals surface area contributed by atoms with Crippen LogP contribution in [0.4, 0.5) is 11.4 Å². The highest BCUT2D eigenvalue weighted by molar-refractivity contribution is 7.92. The van der Waals surface area contributed by atoms with Gasteiger partial charge in [-0.25, -0.2) is 8.42 Å². The molecule has 0 aliphatic carbocycles. The zero-order valence-corrected chi connectivity index (χ0v) is 18.5. The second kappa shape index (κ2) is 8.71. The summed E-state index contributed by atoms with van der Waals surface area (Å²) in [7, 11) is -3.48. The van der Waals surface area contributed by atoms with E-state index >= 15 is 0 Å². The minimum Gasteiger partial charge on any atom is -0.322 e. The summed E-state index contributed by atoms with van der Waals surface area (Å²) >= 11 is 0. The number of aryl methyl sites for hydroxylation is 3. The van der Waals surface area contributed by atoms with Crippen LogP contribution in [-0.4, -0.2) is 20.6 Å². The van der Waals surface area contributed by atoms with Crippen molar-refractivity contribution < 1.29 is 13.2 Å². The number of nitrogens with one attached hydrogen (secondary N) is 1. The number of carbonyl (C=O) groups excluding carboxylic acids is 1. The highest BCUT2D eigenvalue weighted by Gasteiger charge is 2.19. The van der Waals surface area contributed by atoms with Gasteiger partial charge < -0.3 is 5.32 Å². The fraction of sp³-hybridized carbons (Fsp3) is 0.208. The average Bonchev–Trinajstić information content (AvgIpc) is 2.68. The largest absolute Gasteiger partial charge is 0.322 e. The van der Waals surface area contributed by atoms with Crippen LogP contribution < -0.4 is 9.62 Å². The van der Waals surface area contributed by atoms with Crippen LogP contribution in [0.2, 0.25) is 0 Å². The van der Waals surface area contributed by atoms with Crippen LogP contribution in [0.1, 0.15) is 32.6 Å². The summed E-state index contributed by atoms with van der Waals surface area (Å²) in [6.07, 6.45) is 1.20. The van der Waals surface area contributed by atoms with E-state index in [9.17, 15) is 13.2 Å². The zero-order valence-electron chi connectivity index (χ0n) is 17.6. The van der Waals surface area contributed by atoms with Gasteiger partial charge in [0.15, 0.2) is 0 Å². The molecule has 0 fully saturated rings. The first-order valence-electron chi connectivity index (χ1n) is 9.66. The lowest BCUT2D eigenvalue weighted by Gasteiger charge is -2.23. The molecule has 1 N–H and O–H groups in total. The van der Waals surface area contributed by atoms with E-state index in [2.05, 4.69) is 5.32 Å². The van der Waals surface area contributed by atoms with Crippen molar-refractivity contribution in [2.45, 2.75) is 27.3 Å². The van der Waals surface area contributed by atoms with Gasteiger partial charge in [0.25, 0.3) is 5.91 Å². The molecule has 3 aromatic carbocycles. The van der Waals surface area contributed by atoms with Crippen molar-refractivity contribution in [1.82, 2.24) is 0 Å². The van der Waals surface area contributed by atoms with Crippen LogP contribution in [0.5, 0.6) is 0 Å². The molecular formula is C24H26N2O3S. The zero-order chi connectivity index (χ0) is 21.9. The topological polar surface area (TPSA) is 66.5 Å². The minimum absolute atomic E-state index is 0.176. The predicted octanol–water partition coefficient (Wildman–Crippen LogP) is 4.83. The average molecular weight is 423 g/mol. The van der Waals surface area contributed by atoms with Crippen molar-refractivity contribution in [3.8, 4) is 0 Å². The number of anilines is 2. The lowest BCUT2D eigenvalue weighted by Crippen LogP contribution is -2.29. The monoisotopic (exact) mass is 422 g/mol. The molecule has 0 aromatic heterocycles. The lowest BCUT2D eigenvalue weighted by molar-refractivity contribution is 0.102. The Morgan fingerprint density at radius 1 is 0.867 bits per heavy atom. The maximum Gasteiger partial charge on any atom is 0.255 e. The van der Waals surface area contributed by atoms with Gasteiger partial charge >= 0.3 is 0 Å². The van der Waals surface area contributed by atoms with E-state index < -0.39 is 10.0 Å². The number of benzene rings is 3. The van der Waals surface area contributed by atoms with E-state index in [1.807, 2.05) is 69.3 Å². The van der Waals surface area contributed by atoms with Gasteiger partial charge in [0, 0.05) is 11.3 Å². The maximum atomic E-state index is 12.6. The number of hydrogen-bond donors (Lipinski definition) is 1. The summed E-state index contributed by atoms with van der Waals surface area (Å²) in [6, 6.07) is 20.2. The van der Waals surface area contributed by atoms with Crippen molar-refractivity contribution in [2.75, 3.05) is 15.9 Å². The Hall–Kier alpha value is -3.12. The molecule has 0 bridgehead atoms. The summed E-state index contributed by atoms with van der Waals surface area (Å²) < 4.78 is 26.3. The molecule has 0 aliphatic rings.